The molecular formula is C19H13ClN4OS. The second-order valence-corrected chi connectivity index (χ2v) is 7.06. The number of carbonyl (C=O) groups is 1. The van der Waals surface area contributed by atoms with E-state index in [1.54, 1.807) is 18.3 Å². The summed E-state index contributed by atoms with van der Waals surface area (Å²) in [4.78, 5) is 26.2. The first kappa shape index (κ1) is 16.6. The lowest BCUT2D eigenvalue weighted by molar-refractivity contribution is 0.102. The van der Waals surface area contributed by atoms with Gasteiger partial charge in [-0.1, -0.05) is 35.1 Å². The van der Waals surface area contributed by atoms with Crippen LogP contribution in [0, 0.1) is 6.92 Å². The Kier molecular flexibility index (Phi) is 4.36. The molecule has 0 spiro atoms. The first-order valence-corrected chi connectivity index (χ1v) is 9.05. The van der Waals surface area contributed by atoms with E-state index in [1.165, 1.54) is 17.5 Å². The Hall–Kier alpha value is -2.83. The molecule has 5 nitrogen and oxygen atoms in total. The molecule has 0 aliphatic carbocycles. The van der Waals surface area contributed by atoms with Gasteiger partial charge in [-0.05, 0) is 42.8 Å². The topological polar surface area (TPSA) is 67.8 Å². The van der Waals surface area contributed by atoms with Crippen molar-refractivity contribution in [2.45, 2.75) is 6.92 Å². The van der Waals surface area contributed by atoms with Gasteiger partial charge < -0.3 is 5.32 Å². The van der Waals surface area contributed by atoms with Crippen LogP contribution in [0.1, 0.15) is 15.9 Å². The molecule has 4 aromatic rings. The number of amides is 1. The third-order valence-corrected chi connectivity index (χ3v) is 5.14. The lowest BCUT2D eigenvalue weighted by Crippen LogP contribution is -2.13. The molecule has 1 N–H and O–H groups in total. The van der Waals surface area contributed by atoms with Crippen molar-refractivity contribution in [2.24, 2.45) is 0 Å². The average Bonchev–Trinajstić information content (AvgIpc) is 3.08. The number of carbonyl (C=O) groups excluding carboxylic acids is 1. The Morgan fingerprint density at radius 1 is 1.15 bits per heavy atom. The molecule has 0 unspecified atom stereocenters. The van der Waals surface area contributed by atoms with Gasteiger partial charge in [0.25, 0.3) is 5.91 Å². The van der Waals surface area contributed by atoms with Gasteiger partial charge in [0.15, 0.2) is 0 Å². The Balaban J connectivity index is 1.65. The van der Waals surface area contributed by atoms with E-state index in [1.807, 2.05) is 37.3 Å². The van der Waals surface area contributed by atoms with Crippen LogP contribution in [0.15, 0.2) is 54.9 Å². The van der Waals surface area contributed by atoms with Crippen molar-refractivity contribution in [2.75, 3.05) is 5.32 Å². The molecule has 0 radical (unpaired) electrons. The molecule has 0 bridgehead atoms. The van der Waals surface area contributed by atoms with Gasteiger partial charge in [-0.3, -0.25) is 4.79 Å². The van der Waals surface area contributed by atoms with E-state index in [0.717, 1.165) is 32.2 Å². The van der Waals surface area contributed by atoms with Crippen molar-refractivity contribution in [3.05, 3.63) is 71.1 Å². The molecule has 26 heavy (non-hydrogen) atoms. The summed E-state index contributed by atoms with van der Waals surface area (Å²) in [5.41, 5.74) is 3.94. The number of fused-ring (bicyclic) bond motifs is 1. The molecule has 1 aromatic carbocycles. The summed E-state index contributed by atoms with van der Waals surface area (Å²) in [5.74, 6) is -0.236. The predicted molar refractivity (Wildman–Crippen MR) is 105 cm³/mol. The number of aromatic nitrogens is 3. The lowest BCUT2D eigenvalue weighted by Gasteiger charge is -2.10. The monoisotopic (exact) mass is 380 g/mol. The van der Waals surface area contributed by atoms with Crippen molar-refractivity contribution >= 4 is 44.9 Å². The van der Waals surface area contributed by atoms with Crippen LogP contribution in [-0.2, 0) is 0 Å². The highest BCUT2D eigenvalue weighted by Gasteiger charge is 2.12. The fourth-order valence-electron chi connectivity index (χ4n) is 2.49. The van der Waals surface area contributed by atoms with Crippen LogP contribution >= 0.6 is 22.9 Å². The molecule has 128 valence electrons. The molecule has 0 aliphatic heterocycles. The zero-order valence-electron chi connectivity index (χ0n) is 13.7. The zero-order chi connectivity index (χ0) is 18.1. The van der Waals surface area contributed by atoms with E-state index in [0.29, 0.717) is 10.7 Å². The Bertz CT molecular complexity index is 1080. The van der Waals surface area contributed by atoms with E-state index in [9.17, 15) is 4.79 Å². The minimum Gasteiger partial charge on any atom is -0.322 e. The summed E-state index contributed by atoms with van der Waals surface area (Å²) < 4.78 is 0. The minimum atomic E-state index is -0.236. The highest BCUT2D eigenvalue weighted by molar-refractivity contribution is 7.21. The summed E-state index contributed by atoms with van der Waals surface area (Å²) >= 11 is 7.29. The van der Waals surface area contributed by atoms with Crippen molar-refractivity contribution in [3.63, 3.8) is 0 Å². The first-order chi connectivity index (χ1) is 12.6. The molecule has 0 saturated carbocycles. The van der Waals surface area contributed by atoms with Gasteiger partial charge in [0.05, 0.1) is 5.56 Å². The van der Waals surface area contributed by atoms with Crippen LogP contribution in [-0.4, -0.2) is 20.9 Å². The third kappa shape index (κ3) is 3.29. The largest absolute Gasteiger partial charge is 0.322 e. The summed E-state index contributed by atoms with van der Waals surface area (Å²) in [6.45, 7) is 1.94. The Morgan fingerprint density at radius 2 is 2.04 bits per heavy atom. The van der Waals surface area contributed by atoms with Gasteiger partial charge >= 0.3 is 0 Å². The summed E-state index contributed by atoms with van der Waals surface area (Å²) in [7, 11) is 0. The second kappa shape index (κ2) is 6.82. The molecular weight excluding hydrogens is 368 g/mol. The molecule has 3 aromatic heterocycles. The maximum Gasteiger partial charge on any atom is 0.257 e. The molecule has 0 aliphatic rings. The molecule has 7 heteroatoms. The van der Waals surface area contributed by atoms with Crippen molar-refractivity contribution in [1.82, 2.24) is 15.0 Å². The molecule has 3 heterocycles. The van der Waals surface area contributed by atoms with Crippen molar-refractivity contribution < 1.29 is 4.79 Å². The van der Waals surface area contributed by atoms with Gasteiger partial charge in [-0.15, -0.1) is 0 Å². The van der Waals surface area contributed by atoms with Gasteiger partial charge in [-0.25, -0.2) is 15.0 Å². The van der Waals surface area contributed by atoms with Crippen LogP contribution in [0.2, 0.25) is 5.15 Å². The van der Waals surface area contributed by atoms with Crippen LogP contribution in [0.25, 0.3) is 20.9 Å². The van der Waals surface area contributed by atoms with Gasteiger partial charge in [0.1, 0.15) is 20.5 Å². The van der Waals surface area contributed by atoms with E-state index in [2.05, 4.69) is 20.3 Å². The summed E-state index contributed by atoms with van der Waals surface area (Å²) in [6.07, 6.45) is 3.21. The summed E-state index contributed by atoms with van der Waals surface area (Å²) in [6, 6.07) is 12.9. The number of aryl methyl sites for hydroxylation is 1. The number of thiazole rings is 1. The number of nitrogens with one attached hydrogen (secondary N) is 1. The molecule has 4 rings (SSSR count). The number of rotatable bonds is 3. The SMILES string of the molecule is Cc1ccc(-c2nc3cccnc3s2)cc1NC(=O)c1ccc(Cl)nc1. The number of nitrogens with zero attached hydrogens (tertiary/aromatic N) is 3. The van der Waals surface area contributed by atoms with E-state index in [4.69, 9.17) is 11.6 Å². The quantitative estimate of drug-likeness (QED) is 0.509. The molecule has 0 fully saturated rings. The number of pyridine rings is 2. The van der Waals surface area contributed by atoms with E-state index in [-0.39, 0.29) is 5.91 Å². The number of anilines is 1. The normalized spacial score (nSPS) is 10.8. The maximum atomic E-state index is 12.4. The van der Waals surface area contributed by atoms with Crippen LogP contribution in [0.3, 0.4) is 0 Å². The van der Waals surface area contributed by atoms with Crippen molar-refractivity contribution in [1.29, 1.82) is 0 Å². The van der Waals surface area contributed by atoms with Gasteiger partial charge in [-0.2, -0.15) is 0 Å². The molecule has 0 saturated heterocycles. The van der Waals surface area contributed by atoms with Gasteiger partial charge in [0.2, 0.25) is 0 Å². The maximum absolute atomic E-state index is 12.4. The number of halogens is 1. The van der Waals surface area contributed by atoms with E-state index < -0.39 is 0 Å². The summed E-state index contributed by atoms with van der Waals surface area (Å²) in [5, 5.41) is 4.14. The minimum absolute atomic E-state index is 0.236. The van der Waals surface area contributed by atoms with Crippen LogP contribution in [0.4, 0.5) is 5.69 Å². The fourth-order valence-corrected chi connectivity index (χ4v) is 3.50. The number of hydrogen-bond acceptors (Lipinski definition) is 5. The highest BCUT2D eigenvalue weighted by Crippen LogP contribution is 2.31. The third-order valence-electron chi connectivity index (χ3n) is 3.89. The molecule has 1 amide bonds. The standard InChI is InChI=1S/C19H13ClN4OS/c1-11-4-5-12(18-24-14-3-2-8-21-19(14)26-18)9-15(11)23-17(25)13-6-7-16(20)22-10-13/h2-10H,1H3,(H,23,25). The predicted octanol–water partition coefficient (Wildman–Crippen LogP) is 4.97. The first-order valence-electron chi connectivity index (χ1n) is 7.85. The Morgan fingerprint density at radius 3 is 2.81 bits per heavy atom. The second-order valence-electron chi connectivity index (χ2n) is 5.70. The Labute approximate surface area is 158 Å². The number of hydrogen-bond donors (Lipinski definition) is 1. The van der Waals surface area contributed by atoms with Gasteiger partial charge in [0, 0.05) is 23.6 Å². The average molecular weight is 381 g/mol. The van der Waals surface area contributed by atoms with Crippen molar-refractivity contribution in [3.8, 4) is 10.6 Å². The lowest BCUT2D eigenvalue weighted by atomic mass is 10.1. The van der Waals surface area contributed by atoms with Crippen LogP contribution in [0.5, 0.6) is 0 Å². The number of benzene rings is 1. The van der Waals surface area contributed by atoms with Crippen LogP contribution < -0.4 is 5.32 Å². The highest BCUT2D eigenvalue weighted by atomic mass is 35.5. The smallest absolute Gasteiger partial charge is 0.257 e. The van der Waals surface area contributed by atoms with E-state index >= 15 is 0 Å². The fraction of sp³-hybridized carbons (Fsp3) is 0.0526. The molecule has 0 atom stereocenters. The zero-order valence-corrected chi connectivity index (χ0v) is 15.3.